The SMILES string of the molecule is O=C(O)c1ccccc1C(=O)c1ccc([O-])c(N=Nc2c(O)ccc3cccc(N=C(O)c4ccccc4)c23)c1.[Na+]. The van der Waals surface area contributed by atoms with Gasteiger partial charge in [0.1, 0.15) is 11.4 Å². The second-order valence-electron chi connectivity index (χ2n) is 8.67. The van der Waals surface area contributed by atoms with Gasteiger partial charge in [-0.3, -0.25) is 4.79 Å². The molecule has 0 aromatic heterocycles. The van der Waals surface area contributed by atoms with Crippen LogP contribution in [0, 0.1) is 0 Å². The van der Waals surface area contributed by atoms with Crippen molar-refractivity contribution < 1.29 is 59.6 Å². The second-order valence-corrected chi connectivity index (χ2v) is 8.67. The summed E-state index contributed by atoms with van der Waals surface area (Å²) in [5.74, 6) is -2.88. The molecule has 5 aromatic rings. The van der Waals surface area contributed by atoms with Crippen LogP contribution in [0.25, 0.3) is 10.8 Å². The third-order valence-electron chi connectivity index (χ3n) is 6.11. The maximum Gasteiger partial charge on any atom is 1.00 e. The molecule has 10 heteroatoms. The molecular weight excluding hydrogens is 533 g/mol. The molecule has 5 aromatic carbocycles. The zero-order valence-corrected chi connectivity index (χ0v) is 23.7. The van der Waals surface area contributed by atoms with Gasteiger partial charge in [0.15, 0.2) is 5.78 Å². The van der Waals surface area contributed by atoms with Crippen molar-refractivity contribution in [1.82, 2.24) is 0 Å². The number of benzene rings is 5. The van der Waals surface area contributed by atoms with E-state index in [-0.39, 0.29) is 69.3 Å². The Morgan fingerprint density at radius 2 is 1.39 bits per heavy atom. The number of ketones is 1. The van der Waals surface area contributed by atoms with Crippen molar-refractivity contribution in [3.8, 4) is 11.5 Å². The summed E-state index contributed by atoms with van der Waals surface area (Å²) in [6, 6.07) is 26.3. The minimum atomic E-state index is -1.26. The number of azo groups is 1. The van der Waals surface area contributed by atoms with Crippen LogP contribution in [-0.4, -0.2) is 33.0 Å². The summed E-state index contributed by atoms with van der Waals surface area (Å²) in [6.45, 7) is 0. The number of aliphatic hydroxyl groups excluding tert-OH is 1. The van der Waals surface area contributed by atoms with Crippen LogP contribution in [0.3, 0.4) is 0 Å². The topological polar surface area (TPSA) is 155 Å². The largest absolute Gasteiger partial charge is 1.00 e. The molecule has 0 heterocycles. The molecule has 0 amide bonds. The zero-order valence-electron chi connectivity index (χ0n) is 21.7. The minimum absolute atomic E-state index is 0. The van der Waals surface area contributed by atoms with E-state index >= 15 is 0 Å². The second kappa shape index (κ2) is 12.6. The van der Waals surface area contributed by atoms with Crippen LogP contribution >= 0.6 is 0 Å². The maximum atomic E-state index is 13.1. The van der Waals surface area contributed by atoms with Gasteiger partial charge in [0.2, 0.25) is 5.90 Å². The maximum absolute atomic E-state index is 13.1. The van der Waals surface area contributed by atoms with Gasteiger partial charge in [-0.25, -0.2) is 9.79 Å². The molecule has 0 saturated carbocycles. The van der Waals surface area contributed by atoms with Crippen molar-refractivity contribution in [3.63, 3.8) is 0 Å². The number of aliphatic hydroxyl groups is 1. The van der Waals surface area contributed by atoms with Crippen molar-refractivity contribution in [2.24, 2.45) is 15.2 Å². The van der Waals surface area contributed by atoms with Gasteiger partial charge in [-0.1, -0.05) is 72.5 Å². The first-order valence-electron chi connectivity index (χ1n) is 12.0. The van der Waals surface area contributed by atoms with Gasteiger partial charge in [0.05, 0.1) is 16.9 Å². The number of aliphatic imine (C=N–C) groups is 1. The number of carbonyl (C=O) groups is 2. The molecule has 3 N–H and O–H groups in total. The normalized spacial score (nSPS) is 11.4. The number of aromatic carboxylic acids is 1. The summed E-state index contributed by atoms with van der Waals surface area (Å²) in [6.07, 6.45) is 0. The summed E-state index contributed by atoms with van der Waals surface area (Å²) in [5, 5.41) is 52.5. The molecule has 0 aliphatic rings. The molecule has 0 aliphatic heterocycles. The number of phenols is 1. The Hall–Kier alpha value is -4.83. The number of rotatable bonds is 7. The third-order valence-corrected chi connectivity index (χ3v) is 6.11. The fraction of sp³-hybridized carbons (Fsp3) is 0. The number of aromatic hydroxyl groups is 1. The average Bonchev–Trinajstić information content (AvgIpc) is 2.97. The number of nitrogens with zero attached hydrogens (tertiary/aromatic N) is 3. The number of carbonyl (C=O) groups excluding carboxylic acids is 1. The van der Waals surface area contributed by atoms with Crippen molar-refractivity contribution >= 4 is 45.5 Å². The smallest absolute Gasteiger partial charge is 0.871 e. The van der Waals surface area contributed by atoms with Crippen LogP contribution in [-0.2, 0) is 0 Å². The predicted molar refractivity (Wildman–Crippen MR) is 148 cm³/mol. The molecule has 0 aliphatic carbocycles. The van der Waals surface area contributed by atoms with E-state index in [0.717, 1.165) is 6.07 Å². The van der Waals surface area contributed by atoms with Gasteiger partial charge in [-0.2, -0.15) is 5.11 Å². The van der Waals surface area contributed by atoms with Crippen molar-refractivity contribution in [1.29, 1.82) is 0 Å². The summed E-state index contributed by atoms with van der Waals surface area (Å²) >= 11 is 0. The quantitative estimate of drug-likeness (QED) is 0.0920. The molecule has 0 saturated heterocycles. The van der Waals surface area contributed by atoms with Crippen molar-refractivity contribution in [2.45, 2.75) is 0 Å². The van der Waals surface area contributed by atoms with Crippen LogP contribution in [0.5, 0.6) is 11.5 Å². The van der Waals surface area contributed by atoms with E-state index in [1.54, 1.807) is 54.6 Å². The molecule has 5 rings (SSSR count). The Morgan fingerprint density at radius 1 is 0.683 bits per heavy atom. The average molecular weight is 554 g/mol. The van der Waals surface area contributed by atoms with E-state index in [0.29, 0.717) is 22.0 Å². The molecule has 0 atom stereocenters. The van der Waals surface area contributed by atoms with Gasteiger partial charge in [0.25, 0.3) is 0 Å². The number of phenolic OH excluding ortho intramolecular Hbond substituents is 1. The van der Waals surface area contributed by atoms with Crippen molar-refractivity contribution in [2.75, 3.05) is 0 Å². The van der Waals surface area contributed by atoms with Crippen LogP contribution < -0.4 is 34.7 Å². The number of hydrogen-bond acceptors (Lipinski definition) is 7. The zero-order chi connectivity index (χ0) is 28.2. The first-order chi connectivity index (χ1) is 19.3. The first-order valence-corrected chi connectivity index (χ1v) is 12.0. The molecule has 0 unspecified atom stereocenters. The van der Waals surface area contributed by atoms with Crippen LogP contribution in [0.15, 0.2) is 118 Å². The van der Waals surface area contributed by atoms with Crippen LogP contribution in [0.1, 0.15) is 31.8 Å². The van der Waals surface area contributed by atoms with Gasteiger partial charge < -0.3 is 20.4 Å². The summed E-state index contributed by atoms with van der Waals surface area (Å²) in [5.41, 5.74) is 0.444. The molecule has 196 valence electrons. The van der Waals surface area contributed by atoms with Gasteiger partial charge in [-0.15, -0.1) is 5.11 Å². The first kappa shape index (κ1) is 29.2. The predicted octanol–water partition coefficient (Wildman–Crippen LogP) is 3.60. The fourth-order valence-electron chi connectivity index (χ4n) is 4.15. The Labute approximate surface area is 256 Å². The molecule has 41 heavy (non-hydrogen) atoms. The standard InChI is InChI=1S/C31H21N3O6.Na/c35-25-15-14-20(29(37)21-10-4-5-11-22(21)31(39)40)17-24(25)33-34-28-26(36)16-13-18-9-6-12-23(27(18)28)32-30(38)19-7-2-1-3-8-19;/h1-17,35-36H,(H,32,38)(H,39,40);/q;+1/p-1. The molecular formula is C31H20N3NaO6. The van der Waals surface area contributed by atoms with E-state index in [1.807, 2.05) is 6.07 Å². The summed E-state index contributed by atoms with van der Waals surface area (Å²) in [7, 11) is 0. The molecule has 9 nitrogen and oxygen atoms in total. The van der Waals surface area contributed by atoms with E-state index in [1.165, 1.54) is 36.4 Å². The molecule has 0 radical (unpaired) electrons. The van der Waals surface area contributed by atoms with E-state index in [9.17, 15) is 30.0 Å². The van der Waals surface area contributed by atoms with E-state index in [4.69, 9.17) is 0 Å². The fourth-order valence-corrected chi connectivity index (χ4v) is 4.15. The number of carboxylic acids is 1. The molecule has 0 fully saturated rings. The number of fused-ring (bicyclic) bond motifs is 1. The molecule has 0 bridgehead atoms. The van der Waals surface area contributed by atoms with Gasteiger partial charge in [-0.05, 0) is 41.8 Å². The van der Waals surface area contributed by atoms with Crippen molar-refractivity contribution in [3.05, 3.63) is 125 Å². The monoisotopic (exact) mass is 553 g/mol. The molecule has 0 spiro atoms. The van der Waals surface area contributed by atoms with E-state index < -0.39 is 17.5 Å². The van der Waals surface area contributed by atoms with Crippen LogP contribution in [0.2, 0.25) is 0 Å². The van der Waals surface area contributed by atoms with Crippen LogP contribution in [0.4, 0.5) is 17.1 Å². The minimum Gasteiger partial charge on any atom is -0.871 e. The number of hydrogen-bond donors (Lipinski definition) is 3. The third kappa shape index (κ3) is 6.17. The number of carboxylic acid groups (broad SMARTS) is 1. The Balaban J connectivity index is 0.00000387. The Bertz CT molecular complexity index is 1840. The van der Waals surface area contributed by atoms with Gasteiger partial charge >= 0.3 is 35.5 Å². The summed E-state index contributed by atoms with van der Waals surface area (Å²) in [4.78, 5) is 29.0. The summed E-state index contributed by atoms with van der Waals surface area (Å²) < 4.78 is 0. The van der Waals surface area contributed by atoms with E-state index in [2.05, 4.69) is 15.2 Å². The Morgan fingerprint density at radius 3 is 2.12 bits per heavy atom. The van der Waals surface area contributed by atoms with Gasteiger partial charge in [0, 0.05) is 22.1 Å². The Kier molecular flexibility index (Phi) is 8.94.